The number of hydrogen-bond donors (Lipinski definition) is 1. The third kappa shape index (κ3) is 3.06. The van der Waals surface area contributed by atoms with E-state index in [4.69, 9.17) is 34.3 Å². The lowest BCUT2D eigenvalue weighted by atomic mass is 10.1. The van der Waals surface area contributed by atoms with Crippen LogP contribution in [-0.2, 0) is 0 Å². The van der Waals surface area contributed by atoms with Crippen LogP contribution in [0.5, 0.6) is 11.5 Å². The van der Waals surface area contributed by atoms with Gasteiger partial charge in [0.05, 0.1) is 5.56 Å². The molecule has 2 nitrogen and oxygen atoms in total. The molecule has 0 radical (unpaired) electrons. The summed E-state index contributed by atoms with van der Waals surface area (Å²) >= 11 is 11.0. The molecule has 0 aromatic heterocycles. The molecule has 0 atom stereocenters. The second kappa shape index (κ2) is 5.59. The summed E-state index contributed by atoms with van der Waals surface area (Å²) in [7, 11) is 0. The first-order chi connectivity index (χ1) is 8.99. The maximum atomic E-state index is 6.01. The lowest BCUT2D eigenvalue weighted by molar-refractivity contribution is 0.474. The third-order valence-corrected chi connectivity index (χ3v) is 3.23. The molecule has 0 fully saturated rings. The highest BCUT2D eigenvalue weighted by Gasteiger charge is 2.11. The number of halogens is 1. The molecule has 0 amide bonds. The van der Waals surface area contributed by atoms with Gasteiger partial charge in [-0.3, -0.25) is 0 Å². The number of hydrogen-bond acceptors (Lipinski definition) is 2. The first-order valence-corrected chi connectivity index (χ1v) is 6.61. The molecule has 2 N–H and O–H groups in total. The van der Waals surface area contributed by atoms with Gasteiger partial charge < -0.3 is 10.5 Å². The molecule has 0 heterocycles. The van der Waals surface area contributed by atoms with E-state index >= 15 is 0 Å². The van der Waals surface area contributed by atoms with Crippen molar-refractivity contribution in [2.45, 2.75) is 13.8 Å². The number of nitrogens with two attached hydrogens (primary N) is 1. The standard InChI is InChI=1S/C15H14ClNOS/c1-9-7-11(16)8-10(2)14(9)18-13-6-4-3-5-12(13)15(17)19/h3-8H,1-2H3,(H2,17,19). The smallest absolute Gasteiger partial charge is 0.137 e. The largest absolute Gasteiger partial charge is 0.456 e. The minimum absolute atomic E-state index is 0.319. The van der Waals surface area contributed by atoms with Gasteiger partial charge in [0.2, 0.25) is 0 Å². The van der Waals surface area contributed by atoms with Crippen LogP contribution < -0.4 is 10.5 Å². The Hall–Kier alpha value is -1.58. The minimum Gasteiger partial charge on any atom is -0.456 e. The molecular formula is C15H14ClNOS. The minimum atomic E-state index is 0.319. The van der Waals surface area contributed by atoms with E-state index in [-0.39, 0.29) is 0 Å². The van der Waals surface area contributed by atoms with Crippen molar-refractivity contribution in [2.24, 2.45) is 5.73 Å². The summed E-state index contributed by atoms with van der Waals surface area (Å²) in [6, 6.07) is 11.2. The Morgan fingerprint density at radius 2 is 1.74 bits per heavy atom. The van der Waals surface area contributed by atoms with Crippen molar-refractivity contribution < 1.29 is 4.74 Å². The van der Waals surface area contributed by atoms with E-state index in [0.717, 1.165) is 22.4 Å². The van der Waals surface area contributed by atoms with Gasteiger partial charge in [0.1, 0.15) is 16.5 Å². The fourth-order valence-corrected chi connectivity index (χ4v) is 2.42. The normalized spacial score (nSPS) is 10.3. The van der Waals surface area contributed by atoms with Crippen molar-refractivity contribution in [1.29, 1.82) is 0 Å². The van der Waals surface area contributed by atoms with E-state index in [9.17, 15) is 0 Å². The molecule has 0 bridgehead atoms. The molecule has 0 unspecified atom stereocenters. The molecule has 0 aliphatic rings. The van der Waals surface area contributed by atoms with Crippen molar-refractivity contribution in [3.63, 3.8) is 0 Å². The molecule has 19 heavy (non-hydrogen) atoms. The molecular weight excluding hydrogens is 278 g/mol. The molecule has 0 aliphatic heterocycles. The zero-order chi connectivity index (χ0) is 14.0. The predicted molar refractivity (Wildman–Crippen MR) is 83.3 cm³/mol. The van der Waals surface area contributed by atoms with Crippen molar-refractivity contribution in [3.05, 3.63) is 58.1 Å². The van der Waals surface area contributed by atoms with Crippen LogP contribution in [0.3, 0.4) is 0 Å². The lowest BCUT2D eigenvalue weighted by Gasteiger charge is -2.14. The van der Waals surface area contributed by atoms with Gasteiger partial charge in [-0.25, -0.2) is 0 Å². The number of para-hydroxylation sites is 1. The Kier molecular flexibility index (Phi) is 4.08. The molecule has 2 aromatic rings. The zero-order valence-electron chi connectivity index (χ0n) is 10.7. The van der Waals surface area contributed by atoms with Crippen molar-refractivity contribution in [1.82, 2.24) is 0 Å². The molecule has 2 aromatic carbocycles. The van der Waals surface area contributed by atoms with E-state index < -0.39 is 0 Å². The Labute approximate surface area is 123 Å². The van der Waals surface area contributed by atoms with Crippen molar-refractivity contribution >= 4 is 28.8 Å². The molecule has 4 heteroatoms. The second-order valence-electron chi connectivity index (χ2n) is 4.33. The van der Waals surface area contributed by atoms with Crippen LogP contribution in [-0.4, -0.2) is 4.99 Å². The summed E-state index contributed by atoms with van der Waals surface area (Å²) in [6.45, 7) is 3.91. The molecule has 2 rings (SSSR count). The number of rotatable bonds is 3. The van der Waals surface area contributed by atoms with Gasteiger partial charge >= 0.3 is 0 Å². The number of thiocarbonyl (C=S) groups is 1. The predicted octanol–water partition coefficient (Wildman–Crippen LogP) is 4.38. The van der Waals surface area contributed by atoms with Gasteiger partial charge in [0.25, 0.3) is 0 Å². The SMILES string of the molecule is Cc1cc(Cl)cc(C)c1Oc1ccccc1C(N)=S. The molecule has 0 spiro atoms. The first kappa shape index (κ1) is 13.8. The van der Waals surface area contributed by atoms with Crippen LogP contribution >= 0.6 is 23.8 Å². The summed E-state index contributed by atoms with van der Waals surface area (Å²) in [6.07, 6.45) is 0. The number of benzene rings is 2. The number of aryl methyl sites for hydroxylation is 2. The van der Waals surface area contributed by atoms with Crippen molar-refractivity contribution in [2.75, 3.05) is 0 Å². The summed E-state index contributed by atoms with van der Waals surface area (Å²) in [5, 5.41) is 0.699. The molecule has 0 saturated heterocycles. The summed E-state index contributed by atoms with van der Waals surface area (Å²) < 4.78 is 5.96. The average molecular weight is 292 g/mol. The maximum absolute atomic E-state index is 6.01. The Morgan fingerprint density at radius 1 is 1.16 bits per heavy atom. The van der Waals surface area contributed by atoms with Gasteiger partial charge in [-0.15, -0.1) is 0 Å². The van der Waals surface area contributed by atoms with Gasteiger partial charge in [-0.1, -0.05) is 36.0 Å². The summed E-state index contributed by atoms with van der Waals surface area (Å²) in [5.41, 5.74) is 8.38. The molecule has 0 saturated carbocycles. The highest BCUT2D eigenvalue weighted by molar-refractivity contribution is 7.80. The van der Waals surface area contributed by atoms with Crippen LogP contribution in [0.1, 0.15) is 16.7 Å². The number of ether oxygens (including phenoxy) is 1. The third-order valence-electron chi connectivity index (χ3n) is 2.79. The van der Waals surface area contributed by atoms with E-state index in [1.165, 1.54) is 0 Å². The lowest BCUT2D eigenvalue weighted by Crippen LogP contribution is -2.10. The highest BCUT2D eigenvalue weighted by Crippen LogP contribution is 2.32. The van der Waals surface area contributed by atoms with Crippen LogP contribution in [0.2, 0.25) is 5.02 Å². The highest BCUT2D eigenvalue weighted by atomic mass is 35.5. The topological polar surface area (TPSA) is 35.2 Å². The molecule has 98 valence electrons. The Bertz CT molecular complexity index is 617. The van der Waals surface area contributed by atoms with E-state index in [0.29, 0.717) is 15.8 Å². The Morgan fingerprint density at radius 3 is 2.32 bits per heavy atom. The van der Waals surface area contributed by atoms with Crippen LogP contribution in [0.15, 0.2) is 36.4 Å². The Balaban J connectivity index is 2.45. The fourth-order valence-electron chi connectivity index (χ4n) is 1.93. The molecule has 0 aliphatic carbocycles. The van der Waals surface area contributed by atoms with Gasteiger partial charge in [-0.2, -0.15) is 0 Å². The summed E-state index contributed by atoms with van der Waals surface area (Å²) in [5.74, 6) is 1.44. The second-order valence-corrected chi connectivity index (χ2v) is 5.21. The van der Waals surface area contributed by atoms with Crippen LogP contribution in [0.25, 0.3) is 0 Å². The summed E-state index contributed by atoms with van der Waals surface area (Å²) in [4.78, 5) is 0.319. The van der Waals surface area contributed by atoms with Crippen LogP contribution in [0.4, 0.5) is 0 Å². The fraction of sp³-hybridized carbons (Fsp3) is 0.133. The quantitative estimate of drug-likeness (QED) is 0.852. The maximum Gasteiger partial charge on any atom is 0.137 e. The van der Waals surface area contributed by atoms with Gasteiger partial charge in [-0.05, 0) is 49.2 Å². The first-order valence-electron chi connectivity index (χ1n) is 5.82. The van der Waals surface area contributed by atoms with Crippen LogP contribution in [0, 0.1) is 13.8 Å². The van der Waals surface area contributed by atoms with Gasteiger partial charge in [0, 0.05) is 5.02 Å². The van der Waals surface area contributed by atoms with Gasteiger partial charge in [0.15, 0.2) is 0 Å². The van der Waals surface area contributed by atoms with E-state index in [1.807, 2.05) is 50.2 Å². The van der Waals surface area contributed by atoms with E-state index in [1.54, 1.807) is 0 Å². The van der Waals surface area contributed by atoms with Crippen molar-refractivity contribution in [3.8, 4) is 11.5 Å². The zero-order valence-corrected chi connectivity index (χ0v) is 12.3. The monoisotopic (exact) mass is 291 g/mol. The van der Waals surface area contributed by atoms with E-state index in [2.05, 4.69) is 0 Å². The average Bonchev–Trinajstić information content (AvgIpc) is 2.34.